The van der Waals surface area contributed by atoms with Gasteiger partial charge in [-0.1, -0.05) is 6.07 Å². The average Bonchev–Trinajstić information content (AvgIpc) is 3.24. The minimum absolute atomic E-state index is 0.0824. The summed E-state index contributed by atoms with van der Waals surface area (Å²) in [5, 5.41) is 0. The Morgan fingerprint density at radius 1 is 1.17 bits per heavy atom. The van der Waals surface area contributed by atoms with Crippen LogP contribution in [-0.4, -0.2) is 49.3 Å². The van der Waals surface area contributed by atoms with Gasteiger partial charge in [-0.25, -0.2) is 0 Å². The van der Waals surface area contributed by atoms with E-state index in [0.29, 0.717) is 16.8 Å². The van der Waals surface area contributed by atoms with Gasteiger partial charge in [-0.2, -0.15) is 0 Å². The van der Waals surface area contributed by atoms with Gasteiger partial charge in [0.05, 0.1) is 17.3 Å². The van der Waals surface area contributed by atoms with E-state index in [1.807, 2.05) is 45.9 Å². The first-order valence-corrected chi connectivity index (χ1v) is 8.49. The van der Waals surface area contributed by atoms with Crippen molar-refractivity contribution in [2.24, 2.45) is 0 Å². The van der Waals surface area contributed by atoms with Crippen LogP contribution in [0, 0.1) is 0 Å². The van der Waals surface area contributed by atoms with Crippen LogP contribution in [0.5, 0.6) is 5.75 Å². The molecule has 0 radical (unpaired) electrons. The maximum absolute atomic E-state index is 12.7. The van der Waals surface area contributed by atoms with Crippen molar-refractivity contribution in [2.75, 3.05) is 14.1 Å². The van der Waals surface area contributed by atoms with E-state index in [4.69, 9.17) is 14.0 Å². The molecule has 1 saturated heterocycles. The lowest BCUT2D eigenvalue weighted by atomic mass is 9.74. The first-order chi connectivity index (χ1) is 11.1. The molecular formula is C18H26BNO4. The number of hydrogen-bond acceptors (Lipinski definition) is 4. The molecule has 0 aromatic heterocycles. The molecule has 1 saturated carbocycles. The highest BCUT2D eigenvalue weighted by Crippen LogP contribution is 2.38. The Balaban J connectivity index is 2.05. The molecular weight excluding hydrogens is 305 g/mol. The summed E-state index contributed by atoms with van der Waals surface area (Å²) in [4.78, 5) is 14.2. The third-order valence-corrected chi connectivity index (χ3v) is 5.01. The number of carbonyl (C=O) groups is 1. The topological polar surface area (TPSA) is 48.0 Å². The van der Waals surface area contributed by atoms with Crippen LogP contribution in [0.1, 0.15) is 50.9 Å². The summed E-state index contributed by atoms with van der Waals surface area (Å²) in [7, 11) is 2.86. The molecule has 1 aliphatic carbocycles. The summed E-state index contributed by atoms with van der Waals surface area (Å²) in [6, 6.07) is 5.55. The van der Waals surface area contributed by atoms with Crippen LogP contribution in [0.4, 0.5) is 0 Å². The maximum Gasteiger partial charge on any atom is 0.499 e. The van der Waals surface area contributed by atoms with Crippen molar-refractivity contribution in [1.29, 1.82) is 0 Å². The van der Waals surface area contributed by atoms with Gasteiger partial charge < -0.3 is 18.9 Å². The predicted molar refractivity (Wildman–Crippen MR) is 93.8 cm³/mol. The van der Waals surface area contributed by atoms with Crippen molar-refractivity contribution < 1.29 is 18.8 Å². The largest absolute Gasteiger partial charge is 0.499 e. The normalized spacial score (nSPS) is 21.7. The monoisotopic (exact) mass is 331 g/mol. The van der Waals surface area contributed by atoms with Crippen LogP contribution in [0.3, 0.4) is 0 Å². The fraction of sp³-hybridized carbons (Fsp3) is 0.611. The molecule has 130 valence electrons. The first kappa shape index (κ1) is 17.3. The second-order valence-corrected chi connectivity index (χ2v) is 7.82. The molecule has 1 aliphatic heterocycles. The average molecular weight is 331 g/mol. The van der Waals surface area contributed by atoms with E-state index in [2.05, 4.69) is 0 Å². The number of rotatable bonds is 4. The van der Waals surface area contributed by atoms with Gasteiger partial charge in [-0.15, -0.1) is 0 Å². The lowest BCUT2D eigenvalue weighted by molar-refractivity contribution is 0.00578. The van der Waals surface area contributed by atoms with E-state index < -0.39 is 18.3 Å². The van der Waals surface area contributed by atoms with E-state index in [0.717, 1.165) is 12.8 Å². The lowest BCUT2D eigenvalue weighted by Gasteiger charge is -2.32. The summed E-state index contributed by atoms with van der Waals surface area (Å²) in [6.45, 7) is 8.02. The van der Waals surface area contributed by atoms with E-state index in [9.17, 15) is 4.79 Å². The minimum Gasteiger partial charge on any atom is -0.491 e. The molecule has 1 heterocycles. The van der Waals surface area contributed by atoms with Crippen LogP contribution in [0.15, 0.2) is 18.2 Å². The Morgan fingerprint density at radius 2 is 1.75 bits per heavy atom. The quantitative estimate of drug-likeness (QED) is 0.794. The zero-order valence-corrected chi connectivity index (χ0v) is 15.4. The molecule has 1 aromatic rings. The molecule has 24 heavy (non-hydrogen) atoms. The molecule has 0 spiro atoms. The molecule has 0 N–H and O–H groups in total. The second-order valence-electron chi connectivity index (χ2n) is 7.82. The Kier molecular flexibility index (Phi) is 4.17. The van der Waals surface area contributed by atoms with Gasteiger partial charge in [-0.05, 0) is 52.7 Å². The summed E-state index contributed by atoms with van der Waals surface area (Å²) in [5.41, 5.74) is 0.324. The van der Waals surface area contributed by atoms with E-state index in [-0.39, 0.29) is 12.0 Å². The smallest absolute Gasteiger partial charge is 0.491 e. The molecule has 2 aliphatic rings. The highest BCUT2D eigenvalue weighted by molar-refractivity contribution is 6.64. The lowest BCUT2D eigenvalue weighted by Crippen LogP contribution is -2.41. The third-order valence-electron chi connectivity index (χ3n) is 5.01. The summed E-state index contributed by atoms with van der Waals surface area (Å²) in [5.74, 6) is 0.602. The van der Waals surface area contributed by atoms with Gasteiger partial charge in [0.25, 0.3) is 5.91 Å². The van der Waals surface area contributed by atoms with Crippen LogP contribution in [0.25, 0.3) is 0 Å². The van der Waals surface area contributed by atoms with Crippen LogP contribution in [0.2, 0.25) is 0 Å². The Bertz CT molecular complexity index is 636. The molecule has 6 heteroatoms. The molecule has 5 nitrogen and oxygen atoms in total. The van der Waals surface area contributed by atoms with Gasteiger partial charge in [0.15, 0.2) is 0 Å². The highest BCUT2D eigenvalue weighted by Gasteiger charge is 2.53. The predicted octanol–water partition coefficient (Wildman–Crippen LogP) is 2.23. The zero-order valence-electron chi connectivity index (χ0n) is 15.4. The molecule has 1 amide bonds. The SMILES string of the molecule is CN(C)C(=O)c1cccc(OC2CC2)c1B1OC(C)(C)C(C)(C)O1. The number of amides is 1. The van der Waals surface area contributed by atoms with Gasteiger partial charge >= 0.3 is 7.12 Å². The van der Waals surface area contributed by atoms with E-state index in [1.54, 1.807) is 19.0 Å². The molecule has 1 aromatic carbocycles. The number of nitrogens with zero attached hydrogens (tertiary/aromatic N) is 1. The molecule has 3 rings (SSSR count). The molecule has 0 unspecified atom stereocenters. The number of hydrogen-bond donors (Lipinski definition) is 0. The third kappa shape index (κ3) is 3.05. The van der Waals surface area contributed by atoms with E-state index >= 15 is 0 Å². The zero-order chi connectivity index (χ0) is 17.7. The molecule has 2 fully saturated rings. The van der Waals surface area contributed by atoms with Gasteiger partial charge in [0.2, 0.25) is 0 Å². The van der Waals surface area contributed by atoms with Crippen molar-refractivity contribution >= 4 is 18.5 Å². The number of benzene rings is 1. The highest BCUT2D eigenvalue weighted by atomic mass is 16.7. The molecule has 0 bridgehead atoms. The van der Waals surface area contributed by atoms with Gasteiger partial charge in [0, 0.05) is 25.1 Å². The number of carbonyl (C=O) groups excluding carboxylic acids is 1. The van der Waals surface area contributed by atoms with Gasteiger partial charge in [0.1, 0.15) is 5.75 Å². The van der Waals surface area contributed by atoms with E-state index in [1.165, 1.54) is 0 Å². The van der Waals surface area contributed by atoms with Crippen molar-refractivity contribution in [3.05, 3.63) is 23.8 Å². The molecule has 0 atom stereocenters. The van der Waals surface area contributed by atoms with Gasteiger partial charge in [-0.3, -0.25) is 4.79 Å². The van der Waals surface area contributed by atoms with Crippen LogP contribution in [-0.2, 0) is 9.31 Å². The van der Waals surface area contributed by atoms with Crippen LogP contribution < -0.4 is 10.2 Å². The first-order valence-electron chi connectivity index (χ1n) is 8.49. The Hall–Kier alpha value is -1.53. The number of ether oxygens (including phenoxy) is 1. The standard InChI is InChI=1S/C18H26BNO4/c1-17(2)18(3,4)24-19(23-17)15-13(16(21)20(5)6)8-7-9-14(15)22-12-10-11-12/h7-9,12H,10-11H2,1-6H3. The Morgan fingerprint density at radius 3 is 2.25 bits per heavy atom. The summed E-state index contributed by atoms with van der Waals surface area (Å²) < 4.78 is 18.4. The van der Waals surface area contributed by atoms with Crippen molar-refractivity contribution in [3.8, 4) is 5.75 Å². The van der Waals surface area contributed by atoms with Crippen LogP contribution >= 0.6 is 0 Å². The van der Waals surface area contributed by atoms with Crippen molar-refractivity contribution in [1.82, 2.24) is 4.90 Å². The fourth-order valence-electron chi connectivity index (χ4n) is 2.64. The summed E-state index contributed by atoms with van der Waals surface area (Å²) >= 11 is 0. The fourth-order valence-corrected chi connectivity index (χ4v) is 2.64. The minimum atomic E-state index is -0.621. The Labute approximate surface area is 144 Å². The summed E-state index contributed by atoms with van der Waals surface area (Å²) in [6.07, 6.45) is 2.33. The van der Waals surface area contributed by atoms with Crippen molar-refractivity contribution in [2.45, 2.75) is 57.8 Å². The van der Waals surface area contributed by atoms with Crippen molar-refractivity contribution in [3.63, 3.8) is 0 Å². The maximum atomic E-state index is 12.7. The second kappa shape index (κ2) is 5.78.